The number of allylic oxidation sites excluding steroid dienone is 1. The Kier molecular flexibility index (Phi) is 5.69. The number of aliphatic imine (C=N–C) groups is 1. The van der Waals surface area contributed by atoms with E-state index in [1.807, 2.05) is 30.5 Å². The average Bonchev–Trinajstić information content (AvgIpc) is 3.75. The van der Waals surface area contributed by atoms with E-state index >= 15 is 0 Å². The molecule has 9 aromatic rings. The molecular weight excluding hydrogens is 629 g/mol. The first-order valence-corrected chi connectivity index (χ1v) is 17.4. The normalized spacial score (nSPS) is 14.8. The fraction of sp³-hybridized carbons (Fsp3) is 0.0222. The second kappa shape index (κ2) is 10.4. The highest BCUT2D eigenvalue weighted by Gasteiger charge is 2.29. The minimum absolute atomic E-state index is 0.119. The van der Waals surface area contributed by atoms with Crippen LogP contribution in [-0.4, -0.2) is 15.5 Å². The molecule has 0 radical (unpaired) electrons. The number of hydrogen-bond acceptors (Lipinski definition) is 4. The summed E-state index contributed by atoms with van der Waals surface area (Å²) in [6, 6.07) is 48.9. The predicted molar refractivity (Wildman–Crippen MR) is 206 cm³/mol. The van der Waals surface area contributed by atoms with Crippen molar-refractivity contribution in [3.63, 3.8) is 0 Å². The fourth-order valence-corrected chi connectivity index (χ4v) is 9.00. The standard InChI is InChI=1S/C45H24N4S/c1-2-13-28(14-3-1)41-35-24-21-27-12-4-5-15-30(27)42(35)48-45(47-41)49-37-26-29(36-19-10-11-25-46-36)22-23-33(37)39-31-16-6-7-17-32(31)40-34-18-8-9-20-38(34)50-44(40)43(39)49/h1-8,10-19,21,24-26,41H,(H,47,48). The lowest BCUT2D eigenvalue weighted by Crippen LogP contribution is -2.43. The third-order valence-corrected chi connectivity index (χ3v) is 11.1. The molecule has 1 aliphatic carbocycles. The molecule has 0 spiro atoms. The van der Waals surface area contributed by atoms with Crippen LogP contribution in [0.15, 0.2) is 138 Å². The van der Waals surface area contributed by atoms with Gasteiger partial charge in [-0.2, -0.15) is 0 Å². The van der Waals surface area contributed by atoms with Crippen molar-refractivity contribution in [1.82, 2.24) is 14.9 Å². The summed E-state index contributed by atoms with van der Waals surface area (Å²) in [6.45, 7) is 0. The maximum absolute atomic E-state index is 5.55. The molecule has 0 fully saturated rings. The third kappa shape index (κ3) is 3.84. The number of pyridine rings is 1. The number of nitrogens with zero attached hydrogens (tertiary/aromatic N) is 3. The number of rotatable bonds is 2. The van der Waals surface area contributed by atoms with Crippen molar-refractivity contribution >= 4 is 93.0 Å². The lowest BCUT2D eigenvalue weighted by atomic mass is 9.93. The van der Waals surface area contributed by atoms with Gasteiger partial charge in [-0.25, -0.2) is 4.99 Å². The Morgan fingerprint density at radius 2 is 1.52 bits per heavy atom. The lowest BCUT2D eigenvalue weighted by Gasteiger charge is -2.29. The van der Waals surface area contributed by atoms with Gasteiger partial charge >= 0.3 is 0 Å². The van der Waals surface area contributed by atoms with Crippen molar-refractivity contribution < 1.29 is 0 Å². The van der Waals surface area contributed by atoms with Crippen LogP contribution in [0.4, 0.5) is 5.69 Å². The van der Waals surface area contributed by atoms with Gasteiger partial charge in [0.05, 0.1) is 48.5 Å². The topological polar surface area (TPSA) is 42.2 Å². The largest absolute Gasteiger partial charge is 0.344 e. The monoisotopic (exact) mass is 652 g/mol. The van der Waals surface area contributed by atoms with Gasteiger partial charge in [0, 0.05) is 33.3 Å². The highest BCUT2D eigenvalue weighted by molar-refractivity contribution is 7.26. The Bertz CT molecular complexity index is 3140. The van der Waals surface area contributed by atoms with E-state index < -0.39 is 0 Å². The summed E-state index contributed by atoms with van der Waals surface area (Å²) < 4.78 is 4.59. The van der Waals surface area contributed by atoms with Crippen molar-refractivity contribution in [1.29, 1.82) is 0 Å². The van der Waals surface area contributed by atoms with Gasteiger partial charge in [0.2, 0.25) is 5.96 Å². The summed E-state index contributed by atoms with van der Waals surface area (Å²) in [4.78, 5) is 10.2. The van der Waals surface area contributed by atoms with Gasteiger partial charge in [0.1, 0.15) is 0 Å². The van der Waals surface area contributed by atoms with E-state index in [0.29, 0.717) is 0 Å². The Morgan fingerprint density at radius 3 is 2.38 bits per heavy atom. The molecule has 0 bridgehead atoms. The van der Waals surface area contributed by atoms with Crippen LogP contribution < -0.4 is 15.9 Å². The van der Waals surface area contributed by atoms with Crippen LogP contribution in [0.25, 0.3) is 70.0 Å². The zero-order valence-electron chi connectivity index (χ0n) is 26.5. The van der Waals surface area contributed by atoms with Crippen LogP contribution in [-0.2, 0) is 0 Å². The van der Waals surface area contributed by atoms with Crippen molar-refractivity contribution in [3.8, 4) is 0 Å². The van der Waals surface area contributed by atoms with Gasteiger partial charge in [-0.15, -0.1) is 11.3 Å². The molecule has 4 heterocycles. The van der Waals surface area contributed by atoms with E-state index in [0.717, 1.165) is 65.4 Å². The van der Waals surface area contributed by atoms with Gasteiger partial charge in [0.25, 0.3) is 0 Å². The molecular formula is C45H24N4S. The SMILES string of the molecule is C1=C=c2c(n(C3=Nc4c(ccc5ccccc45)C(c4ccccc4)N3)c3c4sc5c#cccc5c4c4ccccc4c23)=CC=1c1ccccn1. The van der Waals surface area contributed by atoms with E-state index in [-0.39, 0.29) is 6.04 Å². The minimum atomic E-state index is -0.119. The van der Waals surface area contributed by atoms with E-state index in [1.165, 1.54) is 31.8 Å². The predicted octanol–water partition coefficient (Wildman–Crippen LogP) is 8.95. The highest BCUT2D eigenvalue weighted by Crippen LogP contribution is 2.44. The van der Waals surface area contributed by atoms with Crippen molar-refractivity contribution in [2.24, 2.45) is 4.99 Å². The number of nitrogens with one attached hydrogen (secondary N) is 1. The molecule has 1 aliphatic heterocycles. The molecule has 4 nitrogen and oxygen atoms in total. The first-order valence-electron chi connectivity index (χ1n) is 16.6. The minimum Gasteiger partial charge on any atom is -0.344 e. The number of fused-ring (bicyclic) bond motifs is 13. The molecule has 1 N–H and O–H groups in total. The van der Waals surface area contributed by atoms with E-state index in [2.05, 4.69) is 142 Å². The average molecular weight is 653 g/mol. The number of thiophene rings is 1. The van der Waals surface area contributed by atoms with Crippen molar-refractivity contribution in [3.05, 3.63) is 173 Å². The Morgan fingerprint density at radius 1 is 0.720 bits per heavy atom. The summed E-state index contributed by atoms with van der Waals surface area (Å²) in [7, 11) is 0. The maximum atomic E-state index is 5.55. The fourth-order valence-electron chi connectivity index (χ4n) is 7.79. The second-order valence-electron chi connectivity index (χ2n) is 12.7. The molecule has 0 saturated carbocycles. The Labute approximate surface area is 290 Å². The summed E-state index contributed by atoms with van der Waals surface area (Å²) in [5.41, 5.74) is 13.2. The van der Waals surface area contributed by atoms with Gasteiger partial charge in [-0.3, -0.25) is 9.55 Å². The third-order valence-electron chi connectivity index (χ3n) is 9.98. The Balaban J connectivity index is 1.34. The number of hydrogen-bond donors (Lipinski definition) is 1. The molecule has 1 unspecified atom stereocenters. The molecule has 5 heteroatoms. The molecule has 11 rings (SSSR count). The molecule has 1 atom stereocenters. The second-order valence-corrected chi connectivity index (χ2v) is 13.7. The molecule has 3 aromatic heterocycles. The van der Waals surface area contributed by atoms with Gasteiger partial charge in [0.15, 0.2) is 0 Å². The molecule has 0 amide bonds. The molecule has 0 saturated heterocycles. The van der Waals surface area contributed by atoms with Gasteiger partial charge in [-0.1, -0.05) is 121 Å². The van der Waals surface area contributed by atoms with E-state index in [9.17, 15) is 0 Å². The van der Waals surface area contributed by atoms with Crippen LogP contribution >= 0.6 is 11.3 Å². The highest BCUT2D eigenvalue weighted by atomic mass is 32.1. The van der Waals surface area contributed by atoms with Crippen LogP contribution in [0.5, 0.6) is 0 Å². The zero-order valence-corrected chi connectivity index (χ0v) is 27.3. The van der Waals surface area contributed by atoms with Crippen LogP contribution in [0, 0.1) is 12.1 Å². The van der Waals surface area contributed by atoms with Crippen molar-refractivity contribution in [2.45, 2.75) is 6.04 Å². The number of aromatic nitrogens is 2. The van der Waals surface area contributed by atoms with Crippen LogP contribution in [0.2, 0.25) is 0 Å². The smallest absolute Gasteiger partial charge is 0.209 e. The molecule has 2 aliphatic rings. The Hall–Kier alpha value is -6.66. The number of benzene rings is 5. The molecule has 6 aromatic carbocycles. The maximum Gasteiger partial charge on any atom is 0.209 e. The van der Waals surface area contributed by atoms with Crippen LogP contribution in [0.1, 0.15) is 22.9 Å². The quantitative estimate of drug-likeness (QED) is 0.190. The van der Waals surface area contributed by atoms with Gasteiger partial charge in [-0.05, 0) is 52.1 Å². The first kappa shape index (κ1) is 27.3. The van der Waals surface area contributed by atoms with Crippen LogP contribution in [0.3, 0.4) is 0 Å². The molecule has 230 valence electrons. The lowest BCUT2D eigenvalue weighted by molar-refractivity contribution is 0.728. The van der Waals surface area contributed by atoms with Gasteiger partial charge < -0.3 is 5.32 Å². The zero-order chi connectivity index (χ0) is 32.8. The molecule has 50 heavy (non-hydrogen) atoms. The summed E-state index contributed by atoms with van der Waals surface area (Å²) in [5, 5.41) is 14.1. The summed E-state index contributed by atoms with van der Waals surface area (Å²) in [6.07, 6.45) is 4.02. The summed E-state index contributed by atoms with van der Waals surface area (Å²) >= 11 is 1.76. The van der Waals surface area contributed by atoms with E-state index in [1.54, 1.807) is 11.3 Å². The first-order chi connectivity index (χ1) is 24.8. The van der Waals surface area contributed by atoms with Crippen molar-refractivity contribution in [2.75, 3.05) is 0 Å². The summed E-state index contributed by atoms with van der Waals surface area (Å²) in [5.74, 6) is 0.763. The van der Waals surface area contributed by atoms with E-state index in [4.69, 9.17) is 4.99 Å².